The van der Waals surface area contributed by atoms with Crippen molar-refractivity contribution in [1.29, 1.82) is 0 Å². The van der Waals surface area contributed by atoms with E-state index in [4.69, 9.17) is 0 Å². The standard InChI is InChI=1S/C22H14BrF3N2O/c1-12-17(13-5-3-2-4-6-13)7-8-18-19(12)27-20(28-21(18)29)14-9-15(22(24,25)26)11-16(23)10-14/h2-11H,1H3,(H,27,28,29). The number of hydrogen-bond donors (Lipinski definition) is 1. The summed E-state index contributed by atoms with van der Waals surface area (Å²) in [4.78, 5) is 19.7. The molecule has 0 atom stereocenters. The van der Waals surface area contributed by atoms with Crippen molar-refractivity contribution in [2.45, 2.75) is 13.1 Å². The number of aryl methyl sites for hydroxylation is 1. The highest BCUT2D eigenvalue weighted by atomic mass is 79.9. The Hall–Kier alpha value is -2.93. The molecule has 0 unspecified atom stereocenters. The number of halogens is 4. The van der Waals surface area contributed by atoms with E-state index in [-0.39, 0.29) is 15.9 Å². The van der Waals surface area contributed by atoms with Crippen LogP contribution in [0.5, 0.6) is 0 Å². The molecule has 29 heavy (non-hydrogen) atoms. The molecule has 1 heterocycles. The van der Waals surface area contributed by atoms with Crippen LogP contribution in [0, 0.1) is 6.92 Å². The van der Waals surface area contributed by atoms with Crippen molar-refractivity contribution in [2.75, 3.05) is 0 Å². The summed E-state index contributed by atoms with van der Waals surface area (Å²) in [6.45, 7) is 1.85. The molecule has 0 aliphatic rings. The molecule has 0 aliphatic heterocycles. The summed E-state index contributed by atoms with van der Waals surface area (Å²) in [6, 6.07) is 16.6. The molecule has 0 fully saturated rings. The lowest BCUT2D eigenvalue weighted by molar-refractivity contribution is -0.137. The molecular weight excluding hydrogens is 445 g/mol. The van der Waals surface area contributed by atoms with Crippen LogP contribution in [0.3, 0.4) is 0 Å². The molecule has 3 aromatic carbocycles. The smallest absolute Gasteiger partial charge is 0.306 e. The number of rotatable bonds is 2. The van der Waals surface area contributed by atoms with Crippen LogP contribution in [0.4, 0.5) is 13.2 Å². The third kappa shape index (κ3) is 3.70. The van der Waals surface area contributed by atoms with Gasteiger partial charge >= 0.3 is 6.18 Å². The van der Waals surface area contributed by atoms with E-state index < -0.39 is 17.3 Å². The number of nitrogens with zero attached hydrogens (tertiary/aromatic N) is 1. The lowest BCUT2D eigenvalue weighted by Crippen LogP contribution is -2.11. The molecule has 1 aromatic heterocycles. The predicted octanol–water partition coefficient (Wildman–Crippen LogP) is 6.35. The fraction of sp³-hybridized carbons (Fsp3) is 0.0909. The molecule has 0 bridgehead atoms. The zero-order chi connectivity index (χ0) is 20.8. The number of aromatic nitrogens is 2. The van der Waals surface area contributed by atoms with Crippen molar-refractivity contribution in [3.63, 3.8) is 0 Å². The minimum absolute atomic E-state index is 0.0858. The van der Waals surface area contributed by atoms with E-state index in [1.807, 2.05) is 43.3 Å². The maximum atomic E-state index is 13.2. The summed E-state index contributed by atoms with van der Waals surface area (Å²) in [6.07, 6.45) is -4.51. The fourth-order valence-corrected chi connectivity index (χ4v) is 3.79. The van der Waals surface area contributed by atoms with Crippen molar-refractivity contribution in [2.24, 2.45) is 0 Å². The first kappa shape index (κ1) is 19.4. The molecule has 7 heteroatoms. The summed E-state index contributed by atoms with van der Waals surface area (Å²) in [5.41, 5.74) is 2.08. The summed E-state index contributed by atoms with van der Waals surface area (Å²) in [5.74, 6) is 0.0858. The lowest BCUT2D eigenvalue weighted by Gasteiger charge is -2.12. The number of fused-ring (bicyclic) bond motifs is 1. The van der Waals surface area contributed by atoms with Crippen molar-refractivity contribution in [3.8, 4) is 22.5 Å². The van der Waals surface area contributed by atoms with E-state index in [1.165, 1.54) is 6.07 Å². The largest absolute Gasteiger partial charge is 0.416 e. The van der Waals surface area contributed by atoms with E-state index in [9.17, 15) is 18.0 Å². The third-order valence-corrected chi connectivity index (χ3v) is 5.17. The quantitative estimate of drug-likeness (QED) is 0.380. The summed E-state index contributed by atoms with van der Waals surface area (Å²) in [7, 11) is 0. The minimum atomic E-state index is -4.51. The summed E-state index contributed by atoms with van der Waals surface area (Å²) in [5, 5.41) is 0.386. The van der Waals surface area contributed by atoms with Crippen LogP contribution in [-0.4, -0.2) is 9.97 Å². The maximum absolute atomic E-state index is 13.2. The molecule has 0 saturated heterocycles. The van der Waals surface area contributed by atoms with Gasteiger partial charge in [0.15, 0.2) is 0 Å². The Morgan fingerprint density at radius 2 is 1.69 bits per heavy atom. The number of nitrogens with one attached hydrogen (secondary N) is 1. The van der Waals surface area contributed by atoms with E-state index in [2.05, 4.69) is 25.9 Å². The zero-order valence-corrected chi connectivity index (χ0v) is 16.7. The topological polar surface area (TPSA) is 45.8 Å². The average molecular weight is 459 g/mol. The lowest BCUT2D eigenvalue weighted by atomic mass is 9.98. The number of hydrogen-bond acceptors (Lipinski definition) is 2. The van der Waals surface area contributed by atoms with Gasteiger partial charge in [-0.05, 0) is 47.9 Å². The maximum Gasteiger partial charge on any atom is 0.416 e. The molecule has 1 N–H and O–H groups in total. The van der Waals surface area contributed by atoms with Gasteiger partial charge in [-0.25, -0.2) is 4.98 Å². The van der Waals surface area contributed by atoms with Crippen LogP contribution in [0.1, 0.15) is 11.1 Å². The second-order valence-corrected chi connectivity index (χ2v) is 7.56. The predicted molar refractivity (Wildman–Crippen MR) is 111 cm³/mol. The molecule has 0 amide bonds. The third-order valence-electron chi connectivity index (χ3n) is 4.71. The Morgan fingerprint density at radius 3 is 2.38 bits per heavy atom. The molecule has 0 radical (unpaired) electrons. The van der Waals surface area contributed by atoms with Gasteiger partial charge in [-0.15, -0.1) is 0 Å². The molecule has 4 aromatic rings. The number of H-pyrrole nitrogens is 1. The molecular formula is C22H14BrF3N2O. The van der Waals surface area contributed by atoms with Crippen LogP contribution < -0.4 is 5.56 Å². The van der Waals surface area contributed by atoms with E-state index >= 15 is 0 Å². The average Bonchev–Trinajstić information content (AvgIpc) is 2.68. The van der Waals surface area contributed by atoms with Gasteiger partial charge in [-0.2, -0.15) is 13.2 Å². The van der Waals surface area contributed by atoms with Gasteiger partial charge in [0.05, 0.1) is 16.5 Å². The van der Waals surface area contributed by atoms with Crippen LogP contribution in [0.25, 0.3) is 33.4 Å². The normalized spacial score (nSPS) is 11.8. The Morgan fingerprint density at radius 1 is 0.966 bits per heavy atom. The Labute approximate surface area is 172 Å². The molecule has 3 nitrogen and oxygen atoms in total. The zero-order valence-electron chi connectivity index (χ0n) is 15.1. The van der Waals surface area contributed by atoms with Crippen molar-refractivity contribution < 1.29 is 13.2 Å². The monoisotopic (exact) mass is 458 g/mol. The highest BCUT2D eigenvalue weighted by Crippen LogP contribution is 2.34. The van der Waals surface area contributed by atoms with Crippen LogP contribution in [-0.2, 0) is 6.18 Å². The first-order valence-corrected chi connectivity index (χ1v) is 9.50. The molecule has 0 saturated carbocycles. The van der Waals surface area contributed by atoms with Crippen molar-refractivity contribution in [3.05, 3.63) is 86.6 Å². The van der Waals surface area contributed by atoms with Crippen molar-refractivity contribution >= 4 is 26.8 Å². The van der Waals surface area contributed by atoms with Gasteiger partial charge in [0, 0.05) is 10.0 Å². The van der Waals surface area contributed by atoms with Gasteiger partial charge in [0.25, 0.3) is 5.56 Å². The summed E-state index contributed by atoms with van der Waals surface area (Å²) >= 11 is 3.11. The highest BCUT2D eigenvalue weighted by molar-refractivity contribution is 9.10. The van der Waals surface area contributed by atoms with Crippen LogP contribution >= 0.6 is 15.9 Å². The fourth-order valence-electron chi connectivity index (χ4n) is 3.30. The molecule has 146 valence electrons. The first-order valence-electron chi connectivity index (χ1n) is 8.71. The number of alkyl halides is 3. The van der Waals surface area contributed by atoms with Gasteiger partial charge in [0.2, 0.25) is 0 Å². The van der Waals surface area contributed by atoms with E-state index in [0.29, 0.717) is 10.9 Å². The van der Waals surface area contributed by atoms with E-state index in [1.54, 1.807) is 6.07 Å². The minimum Gasteiger partial charge on any atom is -0.306 e. The second-order valence-electron chi connectivity index (χ2n) is 6.64. The molecule has 0 spiro atoms. The summed E-state index contributed by atoms with van der Waals surface area (Å²) < 4.78 is 39.8. The second kappa shape index (κ2) is 7.15. The first-order chi connectivity index (χ1) is 13.7. The number of aromatic amines is 1. The van der Waals surface area contributed by atoms with Gasteiger partial charge in [-0.1, -0.05) is 52.3 Å². The highest BCUT2D eigenvalue weighted by Gasteiger charge is 2.31. The Balaban J connectivity index is 1.95. The molecule has 4 rings (SSSR count). The Bertz CT molecular complexity index is 1280. The van der Waals surface area contributed by atoms with E-state index in [0.717, 1.165) is 28.8 Å². The number of benzene rings is 3. The SMILES string of the molecule is Cc1c(-c2ccccc2)ccc2c(=O)[nH]c(-c3cc(Br)cc(C(F)(F)F)c3)nc12. The Kier molecular flexibility index (Phi) is 4.78. The van der Waals surface area contributed by atoms with Crippen LogP contribution in [0.15, 0.2) is 69.9 Å². The molecule has 0 aliphatic carbocycles. The van der Waals surface area contributed by atoms with Gasteiger partial charge in [0.1, 0.15) is 5.82 Å². The van der Waals surface area contributed by atoms with Gasteiger partial charge in [-0.3, -0.25) is 4.79 Å². The van der Waals surface area contributed by atoms with Crippen molar-refractivity contribution in [1.82, 2.24) is 9.97 Å². The van der Waals surface area contributed by atoms with Gasteiger partial charge < -0.3 is 4.98 Å². The van der Waals surface area contributed by atoms with Crippen LogP contribution in [0.2, 0.25) is 0 Å².